The van der Waals surface area contributed by atoms with Crippen LogP contribution < -0.4 is 11.1 Å². The van der Waals surface area contributed by atoms with E-state index in [9.17, 15) is 4.79 Å². The summed E-state index contributed by atoms with van der Waals surface area (Å²) >= 11 is 0. The van der Waals surface area contributed by atoms with Crippen LogP contribution in [0.1, 0.15) is 32.6 Å². The molecule has 0 bridgehead atoms. The Hall–Kier alpha value is -0.650. The van der Waals surface area contributed by atoms with Gasteiger partial charge < -0.3 is 20.7 Å². The highest BCUT2D eigenvalue weighted by Gasteiger charge is 2.29. The van der Waals surface area contributed by atoms with Gasteiger partial charge in [0.1, 0.15) is 0 Å². The van der Waals surface area contributed by atoms with Gasteiger partial charge in [-0.3, -0.25) is 4.79 Å². The Bertz CT molecular complexity index is 324. The lowest BCUT2D eigenvalue weighted by atomic mass is 9.78. The van der Waals surface area contributed by atoms with Crippen molar-refractivity contribution >= 4 is 5.91 Å². The number of carbonyl (C=O) groups is 1. The summed E-state index contributed by atoms with van der Waals surface area (Å²) in [6.07, 6.45) is 4.49. The standard InChI is InChI=1S/C15H29N3O2/c1-11(12-4-3-5-13(16)8-12)15(19)17-9-14-10-18(2)6-7-20-14/h11-14H,3-10,16H2,1-2H3,(H,17,19). The quantitative estimate of drug-likeness (QED) is 0.792. The predicted molar refractivity (Wildman–Crippen MR) is 79.3 cm³/mol. The highest BCUT2D eigenvalue weighted by Crippen LogP contribution is 2.29. The summed E-state index contributed by atoms with van der Waals surface area (Å²) in [5.41, 5.74) is 6.01. The maximum Gasteiger partial charge on any atom is 0.223 e. The molecule has 1 amide bonds. The van der Waals surface area contributed by atoms with Crippen LogP contribution in [0.25, 0.3) is 0 Å². The zero-order valence-corrected chi connectivity index (χ0v) is 12.8. The topological polar surface area (TPSA) is 67.6 Å². The number of ether oxygens (including phenoxy) is 1. The van der Waals surface area contributed by atoms with Crippen molar-refractivity contribution in [3.63, 3.8) is 0 Å². The second kappa shape index (κ2) is 7.38. The second-order valence-corrected chi connectivity index (χ2v) is 6.48. The van der Waals surface area contributed by atoms with Gasteiger partial charge in [-0.1, -0.05) is 13.3 Å². The van der Waals surface area contributed by atoms with Crippen molar-refractivity contribution < 1.29 is 9.53 Å². The van der Waals surface area contributed by atoms with Crippen LogP contribution in [0.2, 0.25) is 0 Å². The van der Waals surface area contributed by atoms with Crippen LogP contribution in [0, 0.1) is 11.8 Å². The molecular weight excluding hydrogens is 254 g/mol. The molecule has 2 aliphatic rings. The Morgan fingerprint density at radius 3 is 3.00 bits per heavy atom. The molecule has 0 aromatic heterocycles. The summed E-state index contributed by atoms with van der Waals surface area (Å²) in [6, 6.07) is 0.277. The fraction of sp³-hybridized carbons (Fsp3) is 0.933. The van der Waals surface area contributed by atoms with Crippen molar-refractivity contribution in [2.24, 2.45) is 17.6 Å². The summed E-state index contributed by atoms with van der Waals surface area (Å²) in [6.45, 7) is 5.27. The number of likely N-dealkylation sites (N-methyl/N-ethyl adjacent to an activating group) is 1. The molecule has 3 N–H and O–H groups in total. The molecule has 5 heteroatoms. The monoisotopic (exact) mass is 283 g/mol. The molecule has 0 radical (unpaired) electrons. The van der Waals surface area contributed by atoms with Crippen LogP contribution >= 0.6 is 0 Å². The Morgan fingerprint density at radius 2 is 2.30 bits per heavy atom. The van der Waals surface area contributed by atoms with Crippen LogP contribution in [0.4, 0.5) is 0 Å². The summed E-state index contributed by atoms with van der Waals surface area (Å²) in [5.74, 6) is 0.650. The number of rotatable bonds is 4. The summed E-state index contributed by atoms with van der Waals surface area (Å²) in [4.78, 5) is 14.5. The maximum atomic E-state index is 12.3. The number of nitrogens with zero attached hydrogens (tertiary/aromatic N) is 1. The molecule has 1 aliphatic heterocycles. The van der Waals surface area contributed by atoms with Crippen LogP contribution in [0.15, 0.2) is 0 Å². The Kier molecular flexibility index (Phi) is 5.81. The second-order valence-electron chi connectivity index (χ2n) is 6.48. The molecule has 1 aliphatic carbocycles. The van der Waals surface area contributed by atoms with Crippen LogP contribution in [0.3, 0.4) is 0 Å². The van der Waals surface area contributed by atoms with Crippen molar-refractivity contribution in [1.29, 1.82) is 0 Å². The minimum atomic E-state index is 0.0580. The molecule has 20 heavy (non-hydrogen) atoms. The van der Waals surface area contributed by atoms with E-state index in [0.717, 1.165) is 45.4 Å². The third kappa shape index (κ3) is 4.43. The highest BCUT2D eigenvalue weighted by molar-refractivity contribution is 5.78. The highest BCUT2D eigenvalue weighted by atomic mass is 16.5. The normalized spacial score (nSPS) is 33.6. The van der Waals surface area contributed by atoms with Crippen molar-refractivity contribution in [2.75, 3.05) is 33.3 Å². The van der Waals surface area contributed by atoms with Crippen LogP contribution in [-0.4, -0.2) is 56.2 Å². The van der Waals surface area contributed by atoms with E-state index in [0.29, 0.717) is 12.5 Å². The first-order valence-corrected chi connectivity index (χ1v) is 7.89. The van der Waals surface area contributed by atoms with Gasteiger partial charge in [-0.05, 0) is 32.2 Å². The molecule has 2 fully saturated rings. The smallest absolute Gasteiger partial charge is 0.223 e. The van der Waals surface area contributed by atoms with Crippen molar-refractivity contribution in [1.82, 2.24) is 10.2 Å². The first kappa shape index (κ1) is 15.7. The average Bonchev–Trinajstić information content (AvgIpc) is 2.44. The van der Waals surface area contributed by atoms with Gasteiger partial charge in [-0.15, -0.1) is 0 Å². The maximum absolute atomic E-state index is 12.3. The molecule has 116 valence electrons. The van der Waals surface area contributed by atoms with E-state index in [1.165, 1.54) is 0 Å². The first-order valence-electron chi connectivity index (χ1n) is 7.89. The van der Waals surface area contributed by atoms with Gasteiger partial charge in [0.25, 0.3) is 0 Å². The minimum absolute atomic E-state index is 0.0580. The van der Waals surface area contributed by atoms with Crippen molar-refractivity contribution in [2.45, 2.75) is 44.8 Å². The number of nitrogens with two attached hydrogens (primary N) is 1. The van der Waals surface area contributed by atoms with Gasteiger partial charge in [-0.2, -0.15) is 0 Å². The van der Waals surface area contributed by atoms with Crippen LogP contribution in [-0.2, 0) is 9.53 Å². The SMILES string of the molecule is CC(C(=O)NCC1CN(C)CCO1)C1CCCC(N)C1. The van der Waals surface area contributed by atoms with E-state index >= 15 is 0 Å². The Morgan fingerprint density at radius 1 is 1.50 bits per heavy atom. The molecule has 0 aromatic rings. The first-order chi connectivity index (χ1) is 9.56. The van der Waals surface area contributed by atoms with Crippen molar-refractivity contribution in [3.8, 4) is 0 Å². The van der Waals surface area contributed by atoms with Gasteiger partial charge >= 0.3 is 0 Å². The molecule has 0 spiro atoms. The molecule has 1 saturated heterocycles. The summed E-state index contributed by atoms with van der Waals surface area (Å²) < 4.78 is 5.66. The Labute approximate surface area is 122 Å². The number of hydrogen-bond donors (Lipinski definition) is 2. The van der Waals surface area contributed by atoms with Crippen LogP contribution in [0.5, 0.6) is 0 Å². The van der Waals surface area contributed by atoms with E-state index in [4.69, 9.17) is 10.5 Å². The molecule has 4 unspecified atom stereocenters. The number of morpholine rings is 1. The summed E-state index contributed by atoms with van der Waals surface area (Å²) in [7, 11) is 2.09. The molecule has 2 rings (SSSR count). The zero-order valence-electron chi connectivity index (χ0n) is 12.8. The van der Waals surface area contributed by atoms with Gasteiger partial charge in [0, 0.05) is 31.6 Å². The molecular formula is C15H29N3O2. The van der Waals surface area contributed by atoms with E-state index in [-0.39, 0.29) is 24.0 Å². The average molecular weight is 283 g/mol. The zero-order chi connectivity index (χ0) is 14.5. The summed E-state index contributed by atoms with van der Waals surface area (Å²) in [5, 5.41) is 3.05. The molecule has 1 heterocycles. The largest absolute Gasteiger partial charge is 0.374 e. The number of amides is 1. The van der Waals surface area contributed by atoms with E-state index in [1.54, 1.807) is 0 Å². The third-order valence-electron chi connectivity index (χ3n) is 4.72. The number of hydrogen-bond acceptors (Lipinski definition) is 4. The fourth-order valence-corrected chi connectivity index (χ4v) is 3.30. The predicted octanol–water partition coefficient (Wildman–Crippen LogP) is 0.587. The fourth-order valence-electron chi connectivity index (χ4n) is 3.30. The van der Waals surface area contributed by atoms with E-state index < -0.39 is 0 Å². The lowest BCUT2D eigenvalue weighted by Crippen LogP contribution is -2.47. The lowest BCUT2D eigenvalue weighted by molar-refractivity contribution is -0.127. The van der Waals surface area contributed by atoms with Gasteiger partial charge in [0.05, 0.1) is 12.7 Å². The molecule has 0 aromatic carbocycles. The van der Waals surface area contributed by atoms with Gasteiger partial charge in [-0.25, -0.2) is 0 Å². The van der Waals surface area contributed by atoms with Gasteiger partial charge in [0.15, 0.2) is 0 Å². The molecule has 5 nitrogen and oxygen atoms in total. The van der Waals surface area contributed by atoms with E-state index in [2.05, 4.69) is 17.3 Å². The van der Waals surface area contributed by atoms with Gasteiger partial charge in [0.2, 0.25) is 5.91 Å². The number of nitrogens with one attached hydrogen (secondary N) is 1. The molecule has 1 saturated carbocycles. The number of carbonyl (C=O) groups excluding carboxylic acids is 1. The molecule has 4 atom stereocenters. The minimum Gasteiger partial charge on any atom is -0.374 e. The lowest BCUT2D eigenvalue weighted by Gasteiger charge is -2.32. The van der Waals surface area contributed by atoms with Crippen molar-refractivity contribution in [3.05, 3.63) is 0 Å². The third-order valence-corrected chi connectivity index (χ3v) is 4.72. The Balaban J connectivity index is 1.73. The van der Waals surface area contributed by atoms with E-state index in [1.807, 2.05) is 6.92 Å².